The highest BCUT2D eigenvalue weighted by atomic mass is 16.5. The molecule has 0 unspecified atom stereocenters. The molecule has 3 rings (SSSR count). The van der Waals surface area contributed by atoms with Gasteiger partial charge in [-0.25, -0.2) is 4.98 Å². The van der Waals surface area contributed by atoms with E-state index in [1.165, 1.54) is 0 Å². The van der Waals surface area contributed by atoms with E-state index in [2.05, 4.69) is 10.1 Å². The first-order chi connectivity index (χ1) is 10.1. The van der Waals surface area contributed by atoms with Gasteiger partial charge >= 0.3 is 11.5 Å². The summed E-state index contributed by atoms with van der Waals surface area (Å²) in [5.74, 6) is -0.820. The highest BCUT2D eigenvalue weighted by Crippen LogP contribution is 2.24. The number of aromatic nitrogens is 3. The molecule has 21 heavy (non-hydrogen) atoms. The summed E-state index contributed by atoms with van der Waals surface area (Å²) < 4.78 is 6.12. The third kappa shape index (κ3) is 2.18. The van der Waals surface area contributed by atoms with Crippen molar-refractivity contribution in [1.29, 1.82) is 0 Å². The third-order valence-corrected chi connectivity index (χ3v) is 3.11. The smallest absolute Gasteiger partial charge is 0.323 e. The van der Waals surface area contributed by atoms with E-state index in [-0.39, 0.29) is 5.58 Å². The molecule has 2 heterocycles. The van der Waals surface area contributed by atoms with Crippen molar-refractivity contribution < 1.29 is 14.4 Å². The van der Waals surface area contributed by atoms with E-state index in [9.17, 15) is 9.59 Å². The number of aryl methyl sites for hydroxylation is 1. The molecule has 0 spiro atoms. The van der Waals surface area contributed by atoms with Crippen molar-refractivity contribution in [3.63, 3.8) is 0 Å². The Morgan fingerprint density at radius 1 is 1.33 bits per heavy atom. The molecule has 0 atom stereocenters. The number of hydrogen-bond donors (Lipinski definition) is 1. The summed E-state index contributed by atoms with van der Waals surface area (Å²) in [5.41, 5.74) is 0.993. The molecule has 3 aromatic rings. The standard InChI is InChI=1S/C14H11N3O4/c1-8-15-12-11(9-5-3-2-4-6-9)16-21-13(12)14(20)17(8)7-10(18)19/h2-6H,7H2,1H3,(H,18,19). The molecule has 2 aromatic heterocycles. The van der Waals surface area contributed by atoms with E-state index in [1.807, 2.05) is 30.3 Å². The zero-order valence-corrected chi connectivity index (χ0v) is 11.1. The fraction of sp³-hybridized carbons (Fsp3) is 0.143. The largest absolute Gasteiger partial charge is 0.480 e. The highest BCUT2D eigenvalue weighted by Gasteiger charge is 2.19. The lowest BCUT2D eigenvalue weighted by Gasteiger charge is -2.05. The molecule has 0 aliphatic heterocycles. The summed E-state index contributed by atoms with van der Waals surface area (Å²) in [7, 11) is 0. The number of nitrogens with zero attached hydrogens (tertiary/aromatic N) is 3. The molecule has 1 N–H and O–H groups in total. The number of carboxylic acids is 1. The molecule has 1 aromatic carbocycles. The molecule has 0 aliphatic rings. The molecule has 0 aliphatic carbocycles. The minimum atomic E-state index is -1.12. The molecule has 106 valence electrons. The Balaban J connectivity index is 2.25. The molecule has 0 fully saturated rings. The van der Waals surface area contributed by atoms with Gasteiger partial charge in [0.2, 0.25) is 0 Å². The summed E-state index contributed by atoms with van der Waals surface area (Å²) in [5, 5.41) is 12.7. The number of fused-ring (bicyclic) bond motifs is 1. The van der Waals surface area contributed by atoms with Crippen LogP contribution in [0.15, 0.2) is 39.6 Å². The number of aliphatic carboxylic acids is 1. The zero-order chi connectivity index (χ0) is 15.0. The molecule has 0 amide bonds. The van der Waals surface area contributed by atoms with Crippen molar-refractivity contribution in [2.45, 2.75) is 13.5 Å². The van der Waals surface area contributed by atoms with Crippen molar-refractivity contribution in [1.82, 2.24) is 14.7 Å². The summed E-state index contributed by atoms with van der Waals surface area (Å²) >= 11 is 0. The van der Waals surface area contributed by atoms with Crippen LogP contribution < -0.4 is 5.56 Å². The minimum Gasteiger partial charge on any atom is -0.480 e. The van der Waals surface area contributed by atoms with Gasteiger partial charge in [-0.3, -0.25) is 14.2 Å². The number of benzene rings is 1. The van der Waals surface area contributed by atoms with E-state index >= 15 is 0 Å². The normalized spacial score (nSPS) is 10.9. The molecule has 7 heteroatoms. The average molecular weight is 285 g/mol. The Bertz CT molecular complexity index is 880. The second kappa shape index (κ2) is 4.86. The topological polar surface area (TPSA) is 98.2 Å². The van der Waals surface area contributed by atoms with Gasteiger partial charge in [-0.2, -0.15) is 0 Å². The van der Waals surface area contributed by atoms with Crippen LogP contribution in [0.2, 0.25) is 0 Å². The van der Waals surface area contributed by atoms with Gasteiger partial charge in [0.05, 0.1) is 0 Å². The molecule has 0 saturated carbocycles. The first-order valence-corrected chi connectivity index (χ1v) is 6.22. The Hall–Kier alpha value is -2.96. The summed E-state index contributed by atoms with van der Waals surface area (Å²) in [6.07, 6.45) is 0. The van der Waals surface area contributed by atoms with Crippen molar-refractivity contribution >= 4 is 17.1 Å². The highest BCUT2D eigenvalue weighted by molar-refractivity contribution is 5.87. The Labute approximate surface area is 118 Å². The first kappa shape index (κ1) is 13.0. The SMILES string of the molecule is Cc1nc2c(-c3ccccc3)noc2c(=O)n1CC(=O)O. The fourth-order valence-corrected chi connectivity index (χ4v) is 2.13. The number of carboxylic acid groups (broad SMARTS) is 1. The Morgan fingerprint density at radius 2 is 2.05 bits per heavy atom. The maximum Gasteiger partial charge on any atom is 0.323 e. The molecule has 0 bridgehead atoms. The maximum atomic E-state index is 12.3. The lowest BCUT2D eigenvalue weighted by molar-refractivity contribution is -0.137. The minimum absolute atomic E-state index is 0.0410. The summed E-state index contributed by atoms with van der Waals surface area (Å²) in [4.78, 5) is 27.3. The maximum absolute atomic E-state index is 12.3. The van der Waals surface area contributed by atoms with Gasteiger partial charge in [-0.1, -0.05) is 35.5 Å². The first-order valence-electron chi connectivity index (χ1n) is 6.22. The van der Waals surface area contributed by atoms with Crippen molar-refractivity contribution in [2.75, 3.05) is 0 Å². The van der Waals surface area contributed by atoms with Gasteiger partial charge in [0.15, 0.2) is 0 Å². The monoisotopic (exact) mass is 285 g/mol. The van der Waals surface area contributed by atoms with Gasteiger partial charge in [-0.15, -0.1) is 0 Å². The second-order valence-corrected chi connectivity index (χ2v) is 4.52. The van der Waals surface area contributed by atoms with E-state index in [4.69, 9.17) is 9.63 Å². The molecular weight excluding hydrogens is 274 g/mol. The number of carbonyl (C=O) groups is 1. The predicted molar refractivity (Wildman–Crippen MR) is 73.9 cm³/mol. The van der Waals surface area contributed by atoms with Crippen LogP contribution >= 0.6 is 0 Å². The Morgan fingerprint density at radius 3 is 2.71 bits per heavy atom. The zero-order valence-electron chi connectivity index (χ0n) is 11.1. The summed E-state index contributed by atoms with van der Waals surface area (Å²) in [6.45, 7) is 1.11. The van der Waals surface area contributed by atoms with E-state index < -0.39 is 18.1 Å². The number of rotatable bonds is 3. The molecule has 7 nitrogen and oxygen atoms in total. The van der Waals surface area contributed by atoms with Crippen molar-refractivity contribution in [2.24, 2.45) is 0 Å². The van der Waals surface area contributed by atoms with Crippen LogP contribution in [0.3, 0.4) is 0 Å². The molecular formula is C14H11N3O4. The van der Waals surface area contributed by atoms with Gasteiger partial charge < -0.3 is 9.63 Å². The quantitative estimate of drug-likeness (QED) is 0.782. The van der Waals surface area contributed by atoms with Gasteiger partial charge in [0.1, 0.15) is 23.6 Å². The summed E-state index contributed by atoms with van der Waals surface area (Å²) in [6, 6.07) is 9.21. The Kier molecular flexibility index (Phi) is 3.02. The van der Waals surface area contributed by atoms with Crippen LogP contribution in [0.25, 0.3) is 22.4 Å². The predicted octanol–water partition coefficient (Wildman–Crippen LogP) is 1.44. The fourth-order valence-electron chi connectivity index (χ4n) is 2.13. The lowest BCUT2D eigenvalue weighted by Crippen LogP contribution is -2.26. The lowest BCUT2D eigenvalue weighted by atomic mass is 10.1. The van der Waals surface area contributed by atoms with Crippen LogP contribution in [0.4, 0.5) is 0 Å². The third-order valence-electron chi connectivity index (χ3n) is 3.11. The van der Waals surface area contributed by atoms with Crippen molar-refractivity contribution in [3.8, 4) is 11.3 Å². The van der Waals surface area contributed by atoms with Crippen LogP contribution in [-0.2, 0) is 11.3 Å². The van der Waals surface area contributed by atoms with E-state index in [1.54, 1.807) is 6.92 Å². The van der Waals surface area contributed by atoms with Gasteiger partial charge in [0, 0.05) is 5.56 Å². The van der Waals surface area contributed by atoms with Crippen LogP contribution in [0.5, 0.6) is 0 Å². The van der Waals surface area contributed by atoms with Crippen LogP contribution in [0.1, 0.15) is 5.82 Å². The van der Waals surface area contributed by atoms with Gasteiger partial charge in [0.25, 0.3) is 5.58 Å². The van der Waals surface area contributed by atoms with Gasteiger partial charge in [-0.05, 0) is 6.92 Å². The van der Waals surface area contributed by atoms with Crippen LogP contribution in [0, 0.1) is 6.92 Å². The number of hydrogen-bond acceptors (Lipinski definition) is 5. The second-order valence-electron chi connectivity index (χ2n) is 4.52. The molecule has 0 saturated heterocycles. The van der Waals surface area contributed by atoms with Crippen LogP contribution in [-0.4, -0.2) is 25.8 Å². The average Bonchev–Trinajstić information content (AvgIpc) is 2.88. The van der Waals surface area contributed by atoms with Crippen molar-refractivity contribution in [3.05, 3.63) is 46.5 Å². The van der Waals surface area contributed by atoms with E-state index in [0.717, 1.165) is 10.1 Å². The van der Waals surface area contributed by atoms with E-state index in [0.29, 0.717) is 17.0 Å². The molecule has 0 radical (unpaired) electrons.